The molecule has 0 saturated heterocycles. The summed E-state index contributed by atoms with van der Waals surface area (Å²) in [6.45, 7) is 14.3. The molecule has 0 bridgehead atoms. The first-order valence-electron chi connectivity index (χ1n) is 11.5. The van der Waals surface area contributed by atoms with E-state index in [2.05, 4.69) is 44.8 Å². The fourth-order valence-corrected chi connectivity index (χ4v) is 4.13. The number of H-pyrrole nitrogens is 1. The maximum atomic E-state index is 13.5. The molecule has 1 aromatic heterocycles. The number of nitrogens with zero attached hydrogens (tertiary/aromatic N) is 1. The molecule has 0 aliphatic heterocycles. The molecule has 1 heterocycles. The summed E-state index contributed by atoms with van der Waals surface area (Å²) in [6.07, 6.45) is 1.38. The summed E-state index contributed by atoms with van der Waals surface area (Å²) >= 11 is 0. The first kappa shape index (κ1) is 34.2. The molecule has 0 unspecified atom stereocenters. The number of nitrogens with one attached hydrogen (secondary N) is 1. The van der Waals surface area contributed by atoms with E-state index in [1.165, 1.54) is 6.21 Å². The van der Waals surface area contributed by atoms with Gasteiger partial charge in [0.15, 0.2) is 0 Å². The topological polar surface area (TPSA) is 62.3 Å². The molecule has 4 nitrogen and oxygen atoms in total. The van der Waals surface area contributed by atoms with Gasteiger partial charge in [-0.05, 0) is 40.0 Å². The number of ketones is 1. The smallest absolute Gasteiger partial charge is 1.00 e. The number of aliphatic imine (C=N–C) groups is 1. The summed E-state index contributed by atoms with van der Waals surface area (Å²) in [5, 5.41) is 0. The second-order valence-electron chi connectivity index (χ2n) is 10.1. The number of benzene rings is 2. The zero-order valence-electron chi connectivity index (χ0n) is 21.8. The normalized spacial score (nSPS) is 11.1. The standard InChI is InChI=1S/C29H34N2O2.2BrH.Co/c1-18(2)21-14-11-15-22(19(3)4)27(21)30-17-25(32)23-16-24(20-12-9-8-10-13-20)31-28(33)26(23)29(5,6)7;;;/h8-19H,1-7H3,(H,31,33);2*1H;/q;;;+2/p-2. The van der Waals surface area contributed by atoms with Crippen LogP contribution in [0.5, 0.6) is 0 Å². The molecule has 3 aromatic rings. The molecule has 0 aliphatic rings. The molecule has 0 amide bonds. The average molecular weight is 661 g/mol. The first-order chi connectivity index (χ1) is 15.5. The van der Waals surface area contributed by atoms with Crippen molar-refractivity contribution in [3.8, 4) is 11.3 Å². The van der Waals surface area contributed by atoms with Crippen LogP contribution < -0.4 is 39.5 Å². The number of carbonyl (C=O) groups is 1. The second-order valence-corrected chi connectivity index (χ2v) is 10.1. The fourth-order valence-electron chi connectivity index (χ4n) is 4.13. The molecule has 36 heavy (non-hydrogen) atoms. The van der Waals surface area contributed by atoms with Crippen LogP contribution >= 0.6 is 0 Å². The van der Waals surface area contributed by atoms with Crippen molar-refractivity contribution in [3.05, 3.63) is 87.2 Å². The Kier molecular flexibility index (Phi) is 13.5. The molecule has 195 valence electrons. The minimum absolute atomic E-state index is 0. The molecule has 0 aliphatic carbocycles. The van der Waals surface area contributed by atoms with E-state index in [-0.39, 0.29) is 73.9 Å². The third-order valence-electron chi connectivity index (χ3n) is 5.79. The van der Waals surface area contributed by atoms with Crippen LogP contribution in [0.1, 0.15) is 87.4 Å². The van der Waals surface area contributed by atoms with Crippen molar-refractivity contribution < 1.29 is 55.5 Å². The molecular formula is C29H34Br2CoN2O2. The Morgan fingerprint density at radius 2 is 1.42 bits per heavy atom. The summed E-state index contributed by atoms with van der Waals surface area (Å²) in [5.41, 5.74) is 4.66. The van der Waals surface area contributed by atoms with Crippen LogP contribution in [-0.2, 0) is 22.2 Å². The van der Waals surface area contributed by atoms with Crippen molar-refractivity contribution in [2.75, 3.05) is 0 Å². The Morgan fingerprint density at radius 3 is 1.89 bits per heavy atom. The number of para-hydroxylation sites is 1. The molecular weight excluding hydrogens is 627 g/mol. The van der Waals surface area contributed by atoms with Gasteiger partial charge in [-0.25, -0.2) is 0 Å². The Balaban J connectivity index is 0.00000408. The molecule has 0 spiro atoms. The summed E-state index contributed by atoms with van der Waals surface area (Å²) in [7, 11) is 0. The maximum absolute atomic E-state index is 13.5. The van der Waals surface area contributed by atoms with Crippen LogP contribution in [0.4, 0.5) is 5.69 Å². The molecule has 2 aromatic carbocycles. The van der Waals surface area contributed by atoms with E-state index in [4.69, 9.17) is 4.99 Å². The van der Waals surface area contributed by atoms with E-state index in [1.807, 2.05) is 57.2 Å². The SMILES string of the molecule is CC(C)c1cccc(C(C)C)c1N=CC(=O)c1cc(-c2ccccc2)[nH]c(=O)c1C(C)(C)C.[Br-].[Br-].[Co+2]. The first-order valence-corrected chi connectivity index (χ1v) is 11.5. The Morgan fingerprint density at radius 1 is 0.889 bits per heavy atom. The van der Waals surface area contributed by atoms with Crippen molar-refractivity contribution in [1.82, 2.24) is 4.98 Å². The number of aromatic nitrogens is 1. The number of halogens is 2. The van der Waals surface area contributed by atoms with E-state index in [9.17, 15) is 9.59 Å². The molecule has 1 N–H and O–H groups in total. The van der Waals surface area contributed by atoms with Gasteiger partial charge in [0.05, 0.1) is 11.9 Å². The van der Waals surface area contributed by atoms with Crippen molar-refractivity contribution in [2.24, 2.45) is 4.99 Å². The van der Waals surface area contributed by atoms with E-state index in [0.717, 1.165) is 22.4 Å². The van der Waals surface area contributed by atoms with Gasteiger partial charge in [-0.3, -0.25) is 14.6 Å². The minimum Gasteiger partial charge on any atom is -1.00 e. The van der Waals surface area contributed by atoms with Crippen molar-refractivity contribution in [3.63, 3.8) is 0 Å². The second kappa shape index (κ2) is 14.2. The van der Waals surface area contributed by atoms with E-state index < -0.39 is 5.41 Å². The molecule has 0 saturated carbocycles. The molecule has 3 rings (SSSR count). The number of hydrogen-bond acceptors (Lipinski definition) is 3. The van der Waals surface area contributed by atoms with E-state index >= 15 is 0 Å². The monoisotopic (exact) mass is 659 g/mol. The largest absolute Gasteiger partial charge is 2.00 e. The zero-order chi connectivity index (χ0) is 24.3. The fraction of sp³-hybridized carbons (Fsp3) is 0.345. The number of Topliss-reactive ketones (excluding diaryl/α,β-unsaturated/α-hetero) is 1. The summed E-state index contributed by atoms with van der Waals surface area (Å²) in [6, 6.07) is 17.5. The number of carbonyl (C=O) groups excluding carboxylic acids is 1. The quantitative estimate of drug-likeness (QED) is 0.319. The summed E-state index contributed by atoms with van der Waals surface area (Å²) in [4.78, 5) is 34.2. The van der Waals surface area contributed by atoms with Crippen LogP contribution in [0.25, 0.3) is 11.3 Å². The molecule has 0 atom stereocenters. The van der Waals surface area contributed by atoms with Crippen molar-refractivity contribution in [1.29, 1.82) is 0 Å². The van der Waals surface area contributed by atoms with Gasteiger partial charge in [-0.1, -0.05) is 97.0 Å². The number of aromatic amines is 1. The van der Waals surface area contributed by atoms with E-state index in [0.29, 0.717) is 16.8 Å². The maximum Gasteiger partial charge on any atom is 2.00 e. The molecule has 0 fully saturated rings. The Hall–Kier alpha value is -1.80. The third-order valence-corrected chi connectivity index (χ3v) is 5.79. The van der Waals surface area contributed by atoms with Crippen LogP contribution in [0.3, 0.4) is 0 Å². The predicted molar refractivity (Wildman–Crippen MR) is 138 cm³/mol. The third kappa shape index (κ3) is 7.85. The van der Waals surface area contributed by atoms with Crippen LogP contribution in [0, 0.1) is 0 Å². The minimum atomic E-state index is -0.499. The van der Waals surface area contributed by atoms with Crippen molar-refractivity contribution in [2.45, 2.75) is 65.7 Å². The number of pyridine rings is 1. The summed E-state index contributed by atoms with van der Waals surface area (Å²) in [5.74, 6) is 0.289. The van der Waals surface area contributed by atoms with Gasteiger partial charge >= 0.3 is 16.8 Å². The van der Waals surface area contributed by atoms with Gasteiger partial charge in [-0.15, -0.1) is 0 Å². The molecule has 1 radical (unpaired) electrons. The zero-order valence-corrected chi connectivity index (χ0v) is 26.0. The van der Waals surface area contributed by atoms with Crippen LogP contribution in [-0.4, -0.2) is 17.0 Å². The van der Waals surface area contributed by atoms with E-state index in [1.54, 1.807) is 6.07 Å². The van der Waals surface area contributed by atoms with Gasteiger partial charge in [0.25, 0.3) is 5.56 Å². The van der Waals surface area contributed by atoms with Gasteiger partial charge in [0.2, 0.25) is 5.78 Å². The number of hydrogen-bond donors (Lipinski definition) is 1. The van der Waals surface area contributed by atoms with Gasteiger partial charge < -0.3 is 38.9 Å². The summed E-state index contributed by atoms with van der Waals surface area (Å²) < 4.78 is 0. The van der Waals surface area contributed by atoms with Gasteiger partial charge in [0.1, 0.15) is 0 Å². The Labute approximate surface area is 246 Å². The average Bonchev–Trinajstić information content (AvgIpc) is 2.76. The predicted octanol–water partition coefficient (Wildman–Crippen LogP) is 1.18. The Bertz CT molecular complexity index is 1220. The van der Waals surface area contributed by atoms with Gasteiger partial charge in [-0.2, -0.15) is 0 Å². The van der Waals surface area contributed by atoms with Gasteiger partial charge in [0, 0.05) is 16.8 Å². The van der Waals surface area contributed by atoms with Crippen LogP contribution in [0.2, 0.25) is 0 Å². The number of rotatable bonds is 6. The van der Waals surface area contributed by atoms with Crippen LogP contribution in [0.15, 0.2) is 64.4 Å². The molecule has 7 heteroatoms. The van der Waals surface area contributed by atoms with Crippen molar-refractivity contribution >= 4 is 17.7 Å².